The summed E-state index contributed by atoms with van der Waals surface area (Å²) in [5.74, 6) is 1.10. The van der Waals surface area contributed by atoms with Crippen molar-refractivity contribution in [1.29, 1.82) is 0 Å². The monoisotopic (exact) mass is 249 g/mol. The Morgan fingerprint density at radius 2 is 2.24 bits per heavy atom. The summed E-state index contributed by atoms with van der Waals surface area (Å²) in [6.07, 6.45) is 0.507. The van der Waals surface area contributed by atoms with E-state index in [4.69, 9.17) is 16.0 Å². The lowest BCUT2D eigenvalue weighted by molar-refractivity contribution is -0.119. The second kappa shape index (κ2) is 3.77. The van der Waals surface area contributed by atoms with Gasteiger partial charge in [0.25, 0.3) is 0 Å². The summed E-state index contributed by atoms with van der Waals surface area (Å²) >= 11 is 6.01. The minimum absolute atomic E-state index is 0.0882. The fraction of sp³-hybridized carbons (Fsp3) is 0.308. The molecule has 0 saturated carbocycles. The summed E-state index contributed by atoms with van der Waals surface area (Å²) < 4.78 is 5.84. The van der Waals surface area contributed by atoms with Crippen LogP contribution < -0.4 is 5.32 Å². The molecule has 1 aromatic heterocycles. The van der Waals surface area contributed by atoms with Gasteiger partial charge in [0.2, 0.25) is 5.91 Å². The smallest absolute Gasteiger partial charge is 0.220 e. The number of halogens is 1. The molecule has 0 aliphatic carbocycles. The third kappa shape index (κ3) is 1.80. The number of benzene rings is 1. The Labute approximate surface area is 104 Å². The molecule has 1 aromatic carbocycles. The molecule has 4 heteroatoms. The zero-order chi connectivity index (χ0) is 12.0. The maximum Gasteiger partial charge on any atom is 0.220 e. The number of aryl methyl sites for hydroxylation is 1. The van der Waals surface area contributed by atoms with Crippen LogP contribution in [0.3, 0.4) is 0 Å². The number of hydrogen-bond donors (Lipinski definition) is 1. The highest BCUT2D eigenvalue weighted by Crippen LogP contribution is 2.32. The summed E-state index contributed by atoms with van der Waals surface area (Å²) in [7, 11) is 0. The highest BCUT2D eigenvalue weighted by Gasteiger charge is 2.26. The van der Waals surface area contributed by atoms with Crippen LogP contribution in [-0.2, 0) is 4.79 Å². The number of nitrogens with one attached hydrogen (secondary N) is 1. The first-order valence-corrected chi connectivity index (χ1v) is 5.97. The van der Waals surface area contributed by atoms with E-state index < -0.39 is 0 Å². The van der Waals surface area contributed by atoms with Crippen molar-refractivity contribution in [3.8, 4) is 0 Å². The van der Waals surface area contributed by atoms with Crippen LogP contribution in [0.5, 0.6) is 0 Å². The molecule has 0 bridgehead atoms. The molecule has 1 unspecified atom stereocenters. The van der Waals surface area contributed by atoms with Gasteiger partial charge in [-0.15, -0.1) is 0 Å². The minimum Gasteiger partial charge on any atom is -0.460 e. The summed E-state index contributed by atoms with van der Waals surface area (Å²) in [4.78, 5) is 11.2. The number of furan rings is 1. The van der Waals surface area contributed by atoms with Crippen LogP contribution in [0.15, 0.2) is 22.6 Å². The molecular formula is C13H12ClNO2. The average molecular weight is 250 g/mol. The Balaban J connectivity index is 2.07. The lowest BCUT2D eigenvalue weighted by Crippen LogP contribution is -2.13. The van der Waals surface area contributed by atoms with Crippen LogP contribution in [0.2, 0.25) is 5.02 Å². The quantitative estimate of drug-likeness (QED) is 0.844. The predicted molar refractivity (Wildman–Crippen MR) is 66.3 cm³/mol. The molecule has 88 valence electrons. The normalized spacial score (nSPS) is 19.9. The van der Waals surface area contributed by atoms with Crippen molar-refractivity contribution in [2.75, 3.05) is 6.54 Å². The average Bonchev–Trinajstić information content (AvgIpc) is 2.83. The summed E-state index contributed by atoms with van der Waals surface area (Å²) in [6, 6.07) is 5.76. The van der Waals surface area contributed by atoms with Crippen LogP contribution in [0.4, 0.5) is 0 Å². The first kappa shape index (κ1) is 10.7. The van der Waals surface area contributed by atoms with E-state index in [0.29, 0.717) is 18.0 Å². The Morgan fingerprint density at radius 1 is 1.41 bits per heavy atom. The van der Waals surface area contributed by atoms with Gasteiger partial charge in [-0.3, -0.25) is 4.79 Å². The molecule has 1 atom stereocenters. The first-order valence-electron chi connectivity index (χ1n) is 5.60. The van der Waals surface area contributed by atoms with Crippen molar-refractivity contribution < 1.29 is 9.21 Å². The van der Waals surface area contributed by atoms with Gasteiger partial charge in [-0.2, -0.15) is 0 Å². The minimum atomic E-state index is 0.0882. The number of rotatable bonds is 1. The molecule has 0 radical (unpaired) electrons. The second-order valence-electron chi connectivity index (χ2n) is 4.49. The third-order valence-electron chi connectivity index (χ3n) is 3.17. The Kier molecular flexibility index (Phi) is 2.37. The van der Waals surface area contributed by atoms with Gasteiger partial charge in [0.05, 0.1) is 0 Å². The van der Waals surface area contributed by atoms with Crippen molar-refractivity contribution in [2.45, 2.75) is 19.3 Å². The van der Waals surface area contributed by atoms with Gasteiger partial charge in [-0.05, 0) is 30.7 Å². The molecule has 1 fully saturated rings. The highest BCUT2D eigenvalue weighted by molar-refractivity contribution is 6.31. The van der Waals surface area contributed by atoms with Crippen LogP contribution in [0.1, 0.15) is 23.7 Å². The maximum absolute atomic E-state index is 11.2. The molecule has 3 nitrogen and oxygen atoms in total. The number of carbonyl (C=O) groups excluding carboxylic acids is 1. The Hall–Kier alpha value is -1.48. The van der Waals surface area contributed by atoms with Crippen molar-refractivity contribution in [2.24, 2.45) is 0 Å². The zero-order valence-electron chi connectivity index (χ0n) is 9.42. The number of amides is 1. The lowest BCUT2D eigenvalue weighted by Gasteiger charge is -2.01. The SMILES string of the molecule is Cc1cc(Cl)cc2cc(C3CNC(=O)C3)oc12. The van der Waals surface area contributed by atoms with Gasteiger partial charge in [-0.1, -0.05) is 11.6 Å². The molecule has 2 heterocycles. The molecule has 1 saturated heterocycles. The molecule has 1 aliphatic rings. The largest absolute Gasteiger partial charge is 0.460 e. The van der Waals surface area contributed by atoms with E-state index in [2.05, 4.69) is 5.32 Å². The molecule has 17 heavy (non-hydrogen) atoms. The first-order chi connectivity index (χ1) is 8.13. The molecule has 2 aromatic rings. The summed E-state index contributed by atoms with van der Waals surface area (Å²) in [5.41, 5.74) is 1.89. The number of carbonyl (C=O) groups is 1. The van der Waals surface area contributed by atoms with Gasteiger partial charge in [0.15, 0.2) is 0 Å². The third-order valence-corrected chi connectivity index (χ3v) is 3.38. The zero-order valence-corrected chi connectivity index (χ0v) is 10.2. The van der Waals surface area contributed by atoms with E-state index >= 15 is 0 Å². The molecule has 1 aliphatic heterocycles. The van der Waals surface area contributed by atoms with Crippen molar-refractivity contribution >= 4 is 28.5 Å². The van der Waals surface area contributed by atoms with Gasteiger partial charge in [-0.25, -0.2) is 0 Å². The van der Waals surface area contributed by atoms with Crippen LogP contribution in [0, 0.1) is 6.92 Å². The predicted octanol–water partition coefficient (Wildman–Crippen LogP) is 3.00. The molecule has 1 amide bonds. The van der Waals surface area contributed by atoms with E-state index in [1.54, 1.807) is 0 Å². The Bertz CT molecular complexity index is 603. The summed E-state index contributed by atoms with van der Waals surface area (Å²) in [6.45, 7) is 2.63. The van der Waals surface area contributed by atoms with E-state index in [1.807, 2.05) is 25.1 Å². The molecule has 1 N–H and O–H groups in total. The fourth-order valence-electron chi connectivity index (χ4n) is 2.31. The van der Waals surface area contributed by atoms with Gasteiger partial charge < -0.3 is 9.73 Å². The number of hydrogen-bond acceptors (Lipinski definition) is 2. The second-order valence-corrected chi connectivity index (χ2v) is 4.93. The van der Waals surface area contributed by atoms with Crippen LogP contribution >= 0.6 is 11.6 Å². The van der Waals surface area contributed by atoms with E-state index in [9.17, 15) is 4.79 Å². The fourth-order valence-corrected chi connectivity index (χ4v) is 2.59. The van der Waals surface area contributed by atoms with E-state index in [-0.39, 0.29) is 11.8 Å². The lowest BCUT2D eigenvalue weighted by atomic mass is 10.1. The topological polar surface area (TPSA) is 42.2 Å². The van der Waals surface area contributed by atoms with Crippen molar-refractivity contribution in [3.05, 3.63) is 34.5 Å². The Morgan fingerprint density at radius 3 is 2.94 bits per heavy atom. The summed E-state index contributed by atoms with van der Waals surface area (Å²) in [5, 5.41) is 4.53. The van der Waals surface area contributed by atoms with Crippen molar-refractivity contribution in [3.63, 3.8) is 0 Å². The van der Waals surface area contributed by atoms with Gasteiger partial charge in [0.1, 0.15) is 11.3 Å². The van der Waals surface area contributed by atoms with Crippen LogP contribution in [-0.4, -0.2) is 12.5 Å². The number of fused-ring (bicyclic) bond motifs is 1. The standard InChI is InChI=1S/C13H12ClNO2/c1-7-2-10(14)3-8-4-11(17-13(7)8)9-5-12(16)15-6-9/h2-4,9H,5-6H2,1H3,(H,15,16). The van der Waals surface area contributed by atoms with E-state index in [1.165, 1.54) is 0 Å². The van der Waals surface area contributed by atoms with Gasteiger partial charge in [0, 0.05) is 29.3 Å². The maximum atomic E-state index is 11.2. The van der Waals surface area contributed by atoms with Crippen molar-refractivity contribution in [1.82, 2.24) is 5.32 Å². The molecule has 3 rings (SSSR count). The highest BCUT2D eigenvalue weighted by atomic mass is 35.5. The van der Waals surface area contributed by atoms with Crippen LogP contribution in [0.25, 0.3) is 11.0 Å². The van der Waals surface area contributed by atoms with E-state index in [0.717, 1.165) is 22.3 Å². The van der Waals surface area contributed by atoms with Gasteiger partial charge >= 0.3 is 0 Å². The molecular weight excluding hydrogens is 238 g/mol. The molecule has 0 spiro atoms.